The van der Waals surface area contributed by atoms with E-state index in [1.54, 1.807) is 19.1 Å². The molecule has 3 aromatic rings. The summed E-state index contributed by atoms with van der Waals surface area (Å²) >= 11 is 6.21. The Hall–Kier alpha value is -2.99. The van der Waals surface area contributed by atoms with Gasteiger partial charge >= 0.3 is 5.97 Å². The Labute approximate surface area is 167 Å². The monoisotopic (exact) mass is 399 g/mol. The van der Waals surface area contributed by atoms with Crippen molar-refractivity contribution in [3.05, 3.63) is 64.5 Å². The molecule has 0 saturated carbocycles. The molecular weight excluding hydrogens is 382 g/mol. The van der Waals surface area contributed by atoms with E-state index in [2.05, 4.69) is 4.98 Å². The first kappa shape index (κ1) is 18.4. The second-order valence-electron chi connectivity index (χ2n) is 6.33. The second-order valence-corrected chi connectivity index (χ2v) is 6.73. The van der Waals surface area contributed by atoms with Gasteiger partial charge in [0.15, 0.2) is 11.5 Å². The Bertz CT molecular complexity index is 1000. The highest BCUT2D eigenvalue weighted by molar-refractivity contribution is 6.32. The Morgan fingerprint density at radius 2 is 1.96 bits per heavy atom. The Kier molecular flexibility index (Phi) is 5.21. The fourth-order valence-electron chi connectivity index (χ4n) is 2.90. The van der Waals surface area contributed by atoms with Crippen LogP contribution in [0.15, 0.2) is 46.9 Å². The summed E-state index contributed by atoms with van der Waals surface area (Å²) in [5, 5.41) is 0.433. The van der Waals surface area contributed by atoms with Crippen molar-refractivity contribution in [3.8, 4) is 23.0 Å². The maximum absolute atomic E-state index is 12.3. The number of nitrogens with zero attached hydrogens (tertiary/aromatic N) is 1. The van der Waals surface area contributed by atoms with E-state index in [4.69, 9.17) is 30.2 Å². The minimum Gasteiger partial charge on any atom is -0.486 e. The van der Waals surface area contributed by atoms with Crippen molar-refractivity contribution in [1.82, 2.24) is 4.98 Å². The Balaban J connectivity index is 1.40. The molecule has 6 nitrogen and oxygen atoms in total. The molecule has 7 heteroatoms. The highest BCUT2D eigenvalue weighted by atomic mass is 35.5. The molecule has 1 aliphatic rings. The van der Waals surface area contributed by atoms with E-state index in [-0.39, 0.29) is 13.0 Å². The second kappa shape index (κ2) is 7.94. The Morgan fingerprint density at radius 1 is 1.18 bits per heavy atom. The molecule has 2 aromatic carbocycles. The van der Waals surface area contributed by atoms with Crippen molar-refractivity contribution >= 4 is 17.6 Å². The van der Waals surface area contributed by atoms with E-state index in [0.717, 1.165) is 11.1 Å². The van der Waals surface area contributed by atoms with Crippen molar-refractivity contribution in [2.45, 2.75) is 20.0 Å². The summed E-state index contributed by atoms with van der Waals surface area (Å²) in [4.78, 5) is 16.7. The minimum atomic E-state index is -0.401. The van der Waals surface area contributed by atoms with E-state index < -0.39 is 5.97 Å². The van der Waals surface area contributed by atoms with Gasteiger partial charge in [-0.3, -0.25) is 4.79 Å². The third-order valence-electron chi connectivity index (χ3n) is 4.28. The SMILES string of the molecule is Cc1oc(-c2ccccc2)nc1CC(=O)OCc1cc(Cl)c2c(c1)OCCO2. The van der Waals surface area contributed by atoms with Crippen molar-refractivity contribution in [3.63, 3.8) is 0 Å². The van der Waals surface area contributed by atoms with E-state index in [9.17, 15) is 4.79 Å². The number of hydrogen-bond donors (Lipinski definition) is 0. The lowest BCUT2D eigenvalue weighted by molar-refractivity contribution is -0.144. The number of rotatable bonds is 5. The predicted molar refractivity (Wildman–Crippen MR) is 103 cm³/mol. The molecule has 144 valence electrons. The highest BCUT2D eigenvalue weighted by Crippen LogP contribution is 2.38. The van der Waals surface area contributed by atoms with Crippen molar-refractivity contribution in [2.24, 2.45) is 0 Å². The van der Waals surface area contributed by atoms with Crippen molar-refractivity contribution in [1.29, 1.82) is 0 Å². The molecule has 28 heavy (non-hydrogen) atoms. The average Bonchev–Trinajstić information content (AvgIpc) is 3.07. The van der Waals surface area contributed by atoms with Crippen LogP contribution in [-0.2, 0) is 22.6 Å². The van der Waals surface area contributed by atoms with Gasteiger partial charge in [0.05, 0.1) is 17.1 Å². The van der Waals surface area contributed by atoms with Crippen molar-refractivity contribution in [2.75, 3.05) is 13.2 Å². The van der Waals surface area contributed by atoms with Crippen LogP contribution in [0.2, 0.25) is 5.02 Å². The van der Waals surface area contributed by atoms with Crippen LogP contribution in [0.5, 0.6) is 11.5 Å². The summed E-state index contributed by atoms with van der Waals surface area (Å²) in [5.41, 5.74) is 2.14. The summed E-state index contributed by atoms with van der Waals surface area (Å²) in [6.07, 6.45) is 0.0282. The fraction of sp³-hybridized carbons (Fsp3) is 0.238. The minimum absolute atomic E-state index is 0.0282. The molecule has 0 aliphatic carbocycles. The van der Waals surface area contributed by atoms with Gasteiger partial charge in [-0.25, -0.2) is 4.98 Å². The normalized spacial score (nSPS) is 12.6. The summed E-state index contributed by atoms with van der Waals surface area (Å²) in [7, 11) is 0. The van der Waals surface area contributed by atoms with Crippen LogP contribution in [0.25, 0.3) is 11.5 Å². The number of benzene rings is 2. The first-order valence-corrected chi connectivity index (χ1v) is 9.23. The number of ether oxygens (including phenoxy) is 3. The van der Waals surface area contributed by atoms with Gasteiger partial charge in [0.25, 0.3) is 0 Å². The third-order valence-corrected chi connectivity index (χ3v) is 4.56. The topological polar surface area (TPSA) is 70.8 Å². The molecule has 0 saturated heterocycles. The van der Waals surface area contributed by atoms with Crippen LogP contribution in [0.1, 0.15) is 17.0 Å². The zero-order valence-electron chi connectivity index (χ0n) is 15.2. The van der Waals surface area contributed by atoms with Gasteiger partial charge in [-0.1, -0.05) is 29.8 Å². The average molecular weight is 400 g/mol. The van der Waals surface area contributed by atoms with Crippen LogP contribution in [-0.4, -0.2) is 24.2 Å². The van der Waals surface area contributed by atoms with Gasteiger partial charge in [0.1, 0.15) is 25.6 Å². The lowest BCUT2D eigenvalue weighted by Crippen LogP contribution is -2.16. The van der Waals surface area contributed by atoms with Gasteiger partial charge in [-0.2, -0.15) is 0 Å². The Morgan fingerprint density at radius 3 is 2.79 bits per heavy atom. The summed E-state index contributed by atoms with van der Waals surface area (Å²) < 4.78 is 22.1. The number of aromatic nitrogens is 1. The predicted octanol–water partition coefficient (Wildman–Crippen LogP) is 4.36. The molecule has 4 rings (SSSR count). The highest BCUT2D eigenvalue weighted by Gasteiger charge is 2.18. The smallest absolute Gasteiger partial charge is 0.312 e. The number of halogens is 1. The van der Waals surface area contributed by atoms with Gasteiger partial charge in [0, 0.05) is 5.56 Å². The molecule has 1 aliphatic heterocycles. The molecule has 1 aromatic heterocycles. The fourth-order valence-corrected chi connectivity index (χ4v) is 3.18. The van der Waals surface area contributed by atoms with Gasteiger partial charge in [-0.05, 0) is 36.8 Å². The number of oxazole rings is 1. The van der Waals surface area contributed by atoms with E-state index in [0.29, 0.717) is 47.1 Å². The molecule has 0 amide bonds. The van der Waals surface area contributed by atoms with E-state index >= 15 is 0 Å². The van der Waals surface area contributed by atoms with E-state index in [1.807, 2.05) is 30.3 Å². The third kappa shape index (κ3) is 3.97. The molecule has 0 spiro atoms. The number of esters is 1. The summed E-state index contributed by atoms with van der Waals surface area (Å²) in [6, 6.07) is 13.0. The molecule has 0 fully saturated rings. The van der Waals surface area contributed by atoms with Gasteiger partial charge in [0.2, 0.25) is 5.89 Å². The number of aryl methyl sites for hydroxylation is 1. The maximum atomic E-state index is 12.3. The first-order chi connectivity index (χ1) is 13.6. The molecule has 2 heterocycles. The first-order valence-electron chi connectivity index (χ1n) is 8.85. The summed E-state index contributed by atoms with van der Waals surface area (Å²) in [6.45, 7) is 2.78. The quantitative estimate of drug-likeness (QED) is 0.593. The molecule has 0 radical (unpaired) electrons. The summed E-state index contributed by atoms with van der Waals surface area (Å²) in [5.74, 6) is 1.76. The number of carbonyl (C=O) groups is 1. The van der Waals surface area contributed by atoms with Crippen molar-refractivity contribution < 1.29 is 23.4 Å². The molecule has 0 atom stereocenters. The van der Waals surface area contributed by atoms with Crippen LogP contribution in [0, 0.1) is 6.92 Å². The molecule has 0 unspecified atom stereocenters. The van der Waals surface area contributed by atoms with Gasteiger partial charge < -0.3 is 18.6 Å². The molecular formula is C21H18ClNO5. The van der Waals surface area contributed by atoms with Crippen LogP contribution >= 0.6 is 11.6 Å². The van der Waals surface area contributed by atoms with Crippen LogP contribution in [0.4, 0.5) is 0 Å². The standard InChI is InChI=1S/C21H18ClNO5/c1-13-17(23-21(28-13)15-5-3-2-4-6-15)11-19(24)27-12-14-9-16(22)20-18(10-14)25-7-8-26-20/h2-6,9-10H,7-8,11-12H2,1H3. The largest absolute Gasteiger partial charge is 0.486 e. The zero-order chi connectivity index (χ0) is 19.5. The lowest BCUT2D eigenvalue weighted by atomic mass is 10.2. The maximum Gasteiger partial charge on any atom is 0.312 e. The number of fused-ring (bicyclic) bond motifs is 1. The lowest BCUT2D eigenvalue weighted by Gasteiger charge is -2.20. The van der Waals surface area contributed by atoms with Gasteiger partial charge in [-0.15, -0.1) is 0 Å². The molecule has 0 N–H and O–H groups in total. The van der Waals surface area contributed by atoms with Crippen LogP contribution in [0.3, 0.4) is 0 Å². The zero-order valence-corrected chi connectivity index (χ0v) is 16.0. The number of hydrogen-bond acceptors (Lipinski definition) is 6. The molecule has 0 bridgehead atoms. The van der Waals surface area contributed by atoms with Crippen LogP contribution < -0.4 is 9.47 Å². The van der Waals surface area contributed by atoms with E-state index in [1.165, 1.54) is 0 Å². The number of carbonyl (C=O) groups excluding carboxylic acids is 1.